The van der Waals surface area contributed by atoms with E-state index >= 15 is 0 Å². The Hall–Kier alpha value is -0.870. The highest BCUT2D eigenvalue weighted by molar-refractivity contribution is 9.10. The minimum absolute atomic E-state index is 0.576. The molecule has 0 spiro atoms. The van der Waals surface area contributed by atoms with Gasteiger partial charge in [0.25, 0.3) is 0 Å². The molecule has 0 radical (unpaired) electrons. The molecule has 1 saturated heterocycles. The van der Waals surface area contributed by atoms with Crippen molar-refractivity contribution >= 4 is 21.4 Å². The average molecular weight is 252 g/mol. The smallest absolute Gasteiger partial charge is 0.118 e. The van der Waals surface area contributed by atoms with Crippen LogP contribution in [0.25, 0.3) is 5.52 Å². The van der Waals surface area contributed by atoms with E-state index in [-0.39, 0.29) is 0 Å². The normalized spacial score (nSPS) is 17.2. The summed E-state index contributed by atoms with van der Waals surface area (Å²) in [5.41, 5.74) is 1.15. The highest BCUT2D eigenvalue weighted by atomic mass is 79.9. The Labute approximate surface area is 90.3 Å². The molecule has 0 bridgehead atoms. The fourth-order valence-electron chi connectivity index (χ4n) is 1.78. The summed E-state index contributed by atoms with van der Waals surface area (Å²) in [5.74, 6) is 1.74. The second kappa shape index (κ2) is 3.07. The van der Waals surface area contributed by atoms with E-state index in [1.54, 1.807) is 0 Å². The molecule has 1 aliphatic heterocycles. The largest absolute Gasteiger partial charge is 0.315 e. The van der Waals surface area contributed by atoms with Crippen molar-refractivity contribution in [1.29, 1.82) is 0 Å². The Balaban J connectivity index is 2.20. The second-order valence-electron chi connectivity index (χ2n) is 3.58. The molecule has 0 aliphatic carbocycles. The molecular formula is C10H10BrN3. The molecule has 2 aromatic heterocycles. The molecule has 0 unspecified atom stereocenters. The van der Waals surface area contributed by atoms with Gasteiger partial charge in [-0.1, -0.05) is 0 Å². The maximum absolute atomic E-state index is 4.47. The monoisotopic (exact) mass is 251 g/mol. The van der Waals surface area contributed by atoms with Gasteiger partial charge in [0, 0.05) is 29.7 Å². The Morgan fingerprint density at radius 3 is 3.07 bits per heavy atom. The third-order valence-electron chi connectivity index (χ3n) is 2.69. The summed E-state index contributed by atoms with van der Waals surface area (Å²) < 4.78 is 3.27. The van der Waals surface area contributed by atoms with Gasteiger partial charge in [0.15, 0.2) is 0 Å². The molecule has 1 N–H and O–H groups in total. The number of nitrogens with zero attached hydrogens (tertiary/aromatic N) is 2. The summed E-state index contributed by atoms with van der Waals surface area (Å²) in [7, 11) is 0. The lowest BCUT2D eigenvalue weighted by Gasteiger charge is -2.25. The lowest BCUT2D eigenvalue weighted by molar-refractivity contribution is 0.429. The maximum atomic E-state index is 4.47. The first-order valence-electron chi connectivity index (χ1n) is 4.68. The summed E-state index contributed by atoms with van der Waals surface area (Å²) in [6, 6.07) is 4.08. The summed E-state index contributed by atoms with van der Waals surface area (Å²) in [5, 5.41) is 3.26. The SMILES string of the molecule is Brc1cccn2c(C3CNC3)ncc12. The van der Waals surface area contributed by atoms with E-state index in [1.165, 1.54) is 5.82 Å². The Morgan fingerprint density at radius 2 is 2.36 bits per heavy atom. The molecule has 3 heterocycles. The van der Waals surface area contributed by atoms with Crippen LogP contribution in [0.3, 0.4) is 0 Å². The first kappa shape index (κ1) is 8.44. The number of hydrogen-bond acceptors (Lipinski definition) is 2. The van der Waals surface area contributed by atoms with E-state index in [1.807, 2.05) is 18.3 Å². The lowest BCUT2D eigenvalue weighted by atomic mass is 10.0. The van der Waals surface area contributed by atoms with Crippen molar-refractivity contribution in [2.75, 3.05) is 13.1 Å². The zero-order valence-electron chi connectivity index (χ0n) is 7.57. The van der Waals surface area contributed by atoms with Gasteiger partial charge in [-0.3, -0.25) is 0 Å². The number of imidazole rings is 1. The zero-order valence-corrected chi connectivity index (χ0v) is 9.16. The van der Waals surface area contributed by atoms with Gasteiger partial charge in [0.1, 0.15) is 5.82 Å². The van der Waals surface area contributed by atoms with Crippen LogP contribution in [-0.4, -0.2) is 22.5 Å². The third kappa shape index (κ3) is 1.11. The quantitative estimate of drug-likeness (QED) is 0.838. The van der Waals surface area contributed by atoms with Crippen molar-refractivity contribution in [2.45, 2.75) is 5.92 Å². The molecule has 0 atom stereocenters. The molecule has 0 saturated carbocycles. The van der Waals surface area contributed by atoms with Crippen LogP contribution in [0.1, 0.15) is 11.7 Å². The first-order chi connectivity index (χ1) is 6.86. The summed E-state index contributed by atoms with van der Waals surface area (Å²) >= 11 is 3.52. The Bertz CT molecular complexity index is 473. The van der Waals surface area contributed by atoms with Crippen LogP contribution in [0, 0.1) is 0 Å². The molecule has 1 fully saturated rings. The fourth-order valence-corrected chi connectivity index (χ4v) is 2.23. The van der Waals surface area contributed by atoms with Crippen LogP contribution in [0.2, 0.25) is 0 Å². The van der Waals surface area contributed by atoms with E-state index in [4.69, 9.17) is 0 Å². The van der Waals surface area contributed by atoms with Crippen molar-refractivity contribution in [3.8, 4) is 0 Å². The second-order valence-corrected chi connectivity index (χ2v) is 4.44. The van der Waals surface area contributed by atoms with E-state index < -0.39 is 0 Å². The number of nitrogens with one attached hydrogen (secondary N) is 1. The zero-order chi connectivity index (χ0) is 9.54. The highest BCUT2D eigenvalue weighted by Gasteiger charge is 2.23. The van der Waals surface area contributed by atoms with E-state index in [9.17, 15) is 0 Å². The lowest BCUT2D eigenvalue weighted by Crippen LogP contribution is -2.40. The molecule has 14 heavy (non-hydrogen) atoms. The van der Waals surface area contributed by atoms with Crippen LogP contribution < -0.4 is 5.32 Å². The molecule has 3 nitrogen and oxygen atoms in total. The summed E-state index contributed by atoms with van der Waals surface area (Å²) in [6.45, 7) is 2.09. The van der Waals surface area contributed by atoms with Crippen LogP contribution in [0.4, 0.5) is 0 Å². The van der Waals surface area contributed by atoms with Crippen LogP contribution in [0.5, 0.6) is 0 Å². The van der Waals surface area contributed by atoms with Crippen LogP contribution in [-0.2, 0) is 0 Å². The van der Waals surface area contributed by atoms with Crippen molar-refractivity contribution in [3.63, 3.8) is 0 Å². The van der Waals surface area contributed by atoms with Crippen LogP contribution in [0.15, 0.2) is 29.0 Å². The van der Waals surface area contributed by atoms with Crippen molar-refractivity contribution in [1.82, 2.24) is 14.7 Å². The van der Waals surface area contributed by atoms with E-state index in [0.29, 0.717) is 5.92 Å². The standard InChI is InChI=1S/C10H10BrN3/c11-8-2-1-3-14-9(8)6-13-10(14)7-4-12-5-7/h1-3,6-7,12H,4-5H2. The minimum Gasteiger partial charge on any atom is -0.315 e. The van der Waals surface area contributed by atoms with Crippen LogP contribution >= 0.6 is 15.9 Å². The van der Waals surface area contributed by atoms with Gasteiger partial charge >= 0.3 is 0 Å². The molecule has 0 aromatic carbocycles. The number of rotatable bonds is 1. The highest BCUT2D eigenvalue weighted by Crippen LogP contribution is 2.24. The average Bonchev–Trinajstić information content (AvgIpc) is 2.48. The number of aromatic nitrogens is 2. The first-order valence-corrected chi connectivity index (χ1v) is 5.48. The number of pyridine rings is 1. The summed E-state index contributed by atoms with van der Waals surface area (Å²) in [6.07, 6.45) is 4.00. The molecular weight excluding hydrogens is 242 g/mol. The van der Waals surface area contributed by atoms with Gasteiger partial charge in [-0.25, -0.2) is 4.98 Å². The van der Waals surface area contributed by atoms with Crippen molar-refractivity contribution < 1.29 is 0 Å². The van der Waals surface area contributed by atoms with Gasteiger partial charge in [-0.05, 0) is 28.1 Å². The van der Waals surface area contributed by atoms with Crippen molar-refractivity contribution in [2.24, 2.45) is 0 Å². The number of fused-ring (bicyclic) bond motifs is 1. The molecule has 4 heteroatoms. The molecule has 0 amide bonds. The van der Waals surface area contributed by atoms with E-state index in [0.717, 1.165) is 23.1 Å². The minimum atomic E-state index is 0.576. The van der Waals surface area contributed by atoms with Gasteiger partial charge < -0.3 is 9.72 Å². The van der Waals surface area contributed by atoms with Crippen molar-refractivity contribution in [3.05, 3.63) is 34.8 Å². The fraction of sp³-hybridized carbons (Fsp3) is 0.300. The molecule has 3 rings (SSSR count). The topological polar surface area (TPSA) is 29.3 Å². The molecule has 1 aliphatic rings. The predicted octanol–water partition coefficient (Wildman–Crippen LogP) is 1.78. The maximum Gasteiger partial charge on any atom is 0.118 e. The van der Waals surface area contributed by atoms with Gasteiger partial charge in [0.2, 0.25) is 0 Å². The van der Waals surface area contributed by atoms with Gasteiger partial charge in [-0.2, -0.15) is 0 Å². The Morgan fingerprint density at radius 1 is 1.50 bits per heavy atom. The summed E-state index contributed by atoms with van der Waals surface area (Å²) in [4.78, 5) is 4.47. The van der Waals surface area contributed by atoms with Gasteiger partial charge in [-0.15, -0.1) is 0 Å². The molecule has 2 aromatic rings. The number of hydrogen-bond donors (Lipinski definition) is 1. The van der Waals surface area contributed by atoms with Gasteiger partial charge in [0.05, 0.1) is 11.7 Å². The Kier molecular flexibility index (Phi) is 1.85. The predicted molar refractivity (Wildman–Crippen MR) is 58.5 cm³/mol. The third-order valence-corrected chi connectivity index (χ3v) is 3.37. The van der Waals surface area contributed by atoms with E-state index in [2.05, 4.69) is 36.8 Å². The molecule has 72 valence electrons. The number of halogens is 1.